The van der Waals surface area contributed by atoms with Crippen LogP contribution < -0.4 is 0 Å². The lowest BCUT2D eigenvalue weighted by Crippen LogP contribution is -2.60. The smallest absolute Gasteiger partial charge is 0.184 e. The van der Waals surface area contributed by atoms with E-state index in [1.807, 2.05) is 6.07 Å². The quantitative estimate of drug-likeness (QED) is 0.391. The van der Waals surface area contributed by atoms with Gasteiger partial charge in [0.15, 0.2) is 9.84 Å². The summed E-state index contributed by atoms with van der Waals surface area (Å²) >= 11 is 0. The molecule has 4 fully saturated rings. The van der Waals surface area contributed by atoms with E-state index in [1.165, 1.54) is 44.9 Å². The molecule has 0 bridgehead atoms. The molecule has 0 amide bonds. The molecule has 1 aromatic carbocycles. The van der Waals surface area contributed by atoms with Crippen LogP contribution in [-0.2, 0) is 9.84 Å². The van der Waals surface area contributed by atoms with Crippen LogP contribution in [0.1, 0.15) is 105 Å². The van der Waals surface area contributed by atoms with E-state index in [1.54, 1.807) is 24.3 Å². The fraction of sp³-hybridized carbons (Fsp3) is 0.818. The van der Waals surface area contributed by atoms with Crippen molar-refractivity contribution < 1.29 is 13.5 Å². The highest BCUT2D eigenvalue weighted by molar-refractivity contribution is 7.92. The fourth-order valence-corrected chi connectivity index (χ4v) is 12.8. The highest BCUT2D eigenvalue weighted by atomic mass is 32.2. The van der Waals surface area contributed by atoms with Gasteiger partial charge in [-0.15, -0.1) is 0 Å². The monoisotopic (exact) mass is 528 g/mol. The first kappa shape index (κ1) is 27.7. The van der Waals surface area contributed by atoms with Gasteiger partial charge in [-0.3, -0.25) is 0 Å². The zero-order valence-corrected chi connectivity index (χ0v) is 24.8. The van der Waals surface area contributed by atoms with Crippen LogP contribution in [0.15, 0.2) is 35.2 Å². The van der Waals surface area contributed by atoms with Gasteiger partial charge in [0.05, 0.1) is 16.2 Å². The van der Waals surface area contributed by atoms with Gasteiger partial charge in [-0.1, -0.05) is 72.1 Å². The Hall–Kier alpha value is -0.870. The number of fused-ring (bicyclic) bond motifs is 5. The Bertz CT molecular complexity index is 1030. The largest absolute Gasteiger partial charge is 0.392 e. The zero-order valence-electron chi connectivity index (χ0n) is 24.0. The molecule has 4 saturated carbocycles. The van der Waals surface area contributed by atoms with E-state index in [9.17, 15) is 13.5 Å². The summed E-state index contributed by atoms with van der Waals surface area (Å²) in [4.78, 5) is 0.381. The van der Waals surface area contributed by atoms with Crippen LogP contribution in [0, 0.1) is 52.3 Å². The first-order valence-corrected chi connectivity index (χ1v) is 17.0. The Morgan fingerprint density at radius 1 is 0.838 bits per heavy atom. The number of aliphatic hydroxyl groups is 1. The number of aliphatic hydroxyl groups excluding tert-OH is 1. The molecule has 1 aromatic rings. The molecule has 37 heavy (non-hydrogen) atoms. The average molecular weight is 529 g/mol. The first-order chi connectivity index (χ1) is 17.5. The summed E-state index contributed by atoms with van der Waals surface area (Å²) in [5, 5.41) is 10.5. The summed E-state index contributed by atoms with van der Waals surface area (Å²) in [5.41, 5.74) is 0.461. The minimum atomic E-state index is -3.57. The highest BCUT2D eigenvalue weighted by Gasteiger charge is 2.63. The summed E-state index contributed by atoms with van der Waals surface area (Å²) in [6.07, 6.45) is 12.3. The second-order valence-electron chi connectivity index (χ2n) is 14.5. The van der Waals surface area contributed by atoms with Crippen molar-refractivity contribution in [3.63, 3.8) is 0 Å². The Labute approximate surface area is 227 Å². The van der Waals surface area contributed by atoms with Gasteiger partial charge in [-0.2, -0.15) is 0 Å². The SMILES string of the molecule is CC(C)CCC[C@@H](C)[C@H]1CC[C@H]2[C@@H]3CC[C@H]4[C@H](S(=O)(=O)c5ccccc5)[C@H](O)CC[C@]4(C)[C@H]3CC[C@]12C. The van der Waals surface area contributed by atoms with Crippen LogP contribution in [0.2, 0.25) is 0 Å². The van der Waals surface area contributed by atoms with Crippen LogP contribution in [0.25, 0.3) is 0 Å². The third-order valence-electron chi connectivity index (χ3n) is 12.3. The van der Waals surface area contributed by atoms with Crippen molar-refractivity contribution >= 4 is 9.84 Å². The van der Waals surface area contributed by atoms with Crippen molar-refractivity contribution in [2.24, 2.45) is 52.3 Å². The van der Waals surface area contributed by atoms with Gasteiger partial charge in [0.1, 0.15) is 0 Å². The van der Waals surface area contributed by atoms with Crippen LogP contribution in [0.5, 0.6) is 0 Å². The molecule has 0 aromatic heterocycles. The average Bonchev–Trinajstić information content (AvgIpc) is 3.22. The fourth-order valence-electron chi connectivity index (χ4n) is 10.5. The maximum absolute atomic E-state index is 13.9. The summed E-state index contributed by atoms with van der Waals surface area (Å²) in [5.74, 6) is 4.62. The maximum Gasteiger partial charge on any atom is 0.184 e. The zero-order chi connectivity index (χ0) is 26.6. The van der Waals surface area contributed by atoms with Gasteiger partial charge < -0.3 is 5.11 Å². The molecule has 0 heterocycles. The summed E-state index contributed by atoms with van der Waals surface area (Å²) in [6, 6.07) is 8.91. The molecule has 10 atom stereocenters. The lowest BCUT2D eigenvalue weighted by Gasteiger charge is -2.62. The van der Waals surface area contributed by atoms with Crippen molar-refractivity contribution in [2.45, 2.75) is 121 Å². The minimum Gasteiger partial charge on any atom is -0.392 e. The molecule has 4 heteroatoms. The van der Waals surface area contributed by atoms with Crippen LogP contribution in [0.3, 0.4) is 0 Å². The molecule has 3 nitrogen and oxygen atoms in total. The van der Waals surface area contributed by atoms with Crippen LogP contribution in [-0.4, -0.2) is 24.9 Å². The predicted octanol–water partition coefficient (Wildman–Crippen LogP) is 7.92. The van der Waals surface area contributed by atoms with Gasteiger partial charge >= 0.3 is 0 Å². The lowest BCUT2D eigenvalue weighted by molar-refractivity contribution is -0.127. The molecule has 5 rings (SSSR count). The molecular formula is C33H52O3S. The summed E-state index contributed by atoms with van der Waals surface area (Å²) in [6.45, 7) is 12.3. The third kappa shape index (κ3) is 4.64. The molecule has 0 aliphatic heterocycles. The summed E-state index contributed by atoms with van der Waals surface area (Å²) in [7, 11) is -3.57. The topological polar surface area (TPSA) is 54.4 Å². The molecule has 4 aliphatic carbocycles. The predicted molar refractivity (Wildman–Crippen MR) is 152 cm³/mol. The van der Waals surface area contributed by atoms with Gasteiger partial charge in [-0.25, -0.2) is 8.42 Å². The third-order valence-corrected chi connectivity index (χ3v) is 14.6. The van der Waals surface area contributed by atoms with Crippen LogP contribution in [0.4, 0.5) is 0 Å². The Balaban J connectivity index is 1.37. The molecule has 0 radical (unpaired) electrons. The maximum atomic E-state index is 13.9. The second kappa shape index (κ2) is 10.3. The Morgan fingerprint density at radius 2 is 1.49 bits per heavy atom. The first-order valence-electron chi connectivity index (χ1n) is 15.5. The molecule has 0 saturated heterocycles. The number of hydrogen-bond acceptors (Lipinski definition) is 3. The van der Waals surface area contributed by atoms with E-state index in [0.717, 1.165) is 48.9 Å². The number of hydrogen-bond donors (Lipinski definition) is 1. The van der Waals surface area contributed by atoms with Gasteiger partial charge in [0, 0.05) is 0 Å². The standard InChI is InChI=1S/C33H52O3S/c1-22(2)10-9-11-23(3)26-16-17-27-25-14-15-29-31(37(35,36)24-12-7-6-8-13-24)30(34)19-21-33(29,5)28(25)18-20-32(26,27)4/h6-8,12-13,22-23,25-31,34H,9-11,14-21H2,1-5H3/t23-,25+,26-,27+,28+,29+,30-,31+,32-,33-/m1/s1. The second-order valence-corrected chi connectivity index (χ2v) is 16.6. The number of sulfone groups is 1. The van der Waals surface area contributed by atoms with E-state index in [4.69, 9.17) is 0 Å². The Morgan fingerprint density at radius 3 is 2.19 bits per heavy atom. The van der Waals surface area contributed by atoms with Crippen molar-refractivity contribution in [3.8, 4) is 0 Å². The van der Waals surface area contributed by atoms with Gasteiger partial charge in [-0.05, 0) is 116 Å². The van der Waals surface area contributed by atoms with E-state index in [-0.39, 0.29) is 11.3 Å². The van der Waals surface area contributed by atoms with E-state index >= 15 is 0 Å². The Kier molecular flexibility index (Phi) is 7.68. The van der Waals surface area contributed by atoms with Crippen molar-refractivity contribution in [2.75, 3.05) is 0 Å². The van der Waals surface area contributed by atoms with Gasteiger partial charge in [0.25, 0.3) is 0 Å². The lowest BCUT2D eigenvalue weighted by atomic mass is 9.44. The molecule has 4 aliphatic rings. The van der Waals surface area contributed by atoms with Crippen LogP contribution >= 0.6 is 0 Å². The normalized spacial score (nSPS) is 42.6. The molecule has 208 valence electrons. The molecule has 0 unspecified atom stereocenters. The van der Waals surface area contributed by atoms with Crippen molar-refractivity contribution in [3.05, 3.63) is 30.3 Å². The number of rotatable bonds is 7. The van der Waals surface area contributed by atoms with E-state index < -0.39 is 21.2 Å². The molecule has 0 spiro atoms. The van der Waals surface area contributed by atoms with Crippen molar-refractivity contribution in [1.82, 2.24) is 0 Å². The van der Waals surface area contributed by atoms with Crippen molar-refractivity contribution in [1.29, 1.82) is 0 Å². The highest BCUT2D eigenvalue weighted by Crippen LogP contribution is 2.69. The van der Waals surface area contributed by atoms with E-state index in [2.05, 4.69) is 34.6 Å². The molecular weight excluding hydrogens is 476 g/mol. The van der Waals surface area contributed by atoms with E-state index in [0.29, 0.717) is 22.6 Å². The van der Waals surface area contributed by atoms with Gasteiger partial charge in [0.2, 0.25) is 0 Å². The number of benzene rings is 1. The summed E-state index contributed by atoms with van der Waals surface area (Å²) < 4.78 is 27.7. The minimum absolute atomic E-state index is 0.0109. The molecule has 1 N–H and O–H groups in total.